The molecule has 1 rings (SSSR count). The lowest BCUT2D eigenvalue weighted by atomic mass is 9.95. The van der Waals surface area contributed by atoms with Crippen molar-refractivity contribution in [1.29, 1.82) is 0 Å². The molecule has 3 N–H and O–H groups in total. The number of hydrogen-bond donors (Lipinski definition) is 3. The second-order valence-electron chi connectivity index (χ2n) is 6.67. The number of hydrogen-bond acceptors (Lipinski definition) is 4. The first-order valence-electron chi connectivity index (χ1n) is 9.64. The van der Waals surface area contributed by atoms with E-state index < -0.39 is 0 Å². The highest BCUT2D eigenvalue weighted by Gasteiger charge is 2.15. The number of aliphatic imine (C=N–C) groups is 1. The molecule has 0 aromatic carbocycles. The summed E-state index contributed by atoms with van der Waals surface area (Å²) >= 11 is 0. The Hall–Kier alpha value is -0.610. The largest absolute Gasteiger partial charge is 0.385 e. The maximum atomic E-state index is 12.1. The zero-order valence-corrected chi connectivity index (χ0v) is 19.0. The lowest BCUT2D eigenvalue weighted by Gasteiger charge is -2.22. The molecule has 1 amide bonds. The second-order valence-corrected chi connectivity index (χ2v) is 6.67. The summed E-state index contributed by atoms with van der Waals surface area (Å²) < 4.78 is 5.07. The number of nitrogens with one attached hydrogen (secondary N) is 3. The molecule has 0 atom stereocenters. The Kier molecular flexibility index (Phi) is 16.2. The third-order valence-electron chi connectivity index (χ3n) is 4.37. The molecule has 1 saturated carbocycles. The molecule has 0 unspecified atom stereocenters. The van der Waals surface area contributed by atoms with Crippen molar-refractivity contribution in [3.63, 3.8) is 0 Å². The van der Waals surface area contributed by atoms with Gasteiger partial charge in [-0.3, -0.25) is 4.79 Å². The minimum absolute atomic E-state index is 0. The summed E-state index contributed by atoms with van der Waals surface area (Å²) in [7, 11) is 3.82. The molecular formula is C18H38IN5O2. The Morgan fingerprint density at radius 2 is 1.92 bits per heavy atom. The van der Waals surface area contributed by atoms with E-state index in [0.29, 0.717) is 12.0 Å². The molecule has 1 fully saturated rings. The number of methoxy groups -OCH3 is 1. The SMILES string of the molecule is CCNC(=NCC(=O)NC1CCCCC1)NCCN(C)CCCOC.I. The quantitative estimate of drug-likeness (QED) is 0.180. The normalized spacial score (nSPS) is 15.5. The summed E-state index contributed by atoms with van der Waals surface area (Å²) in [6.07, 6.45) is 6.96. The summed E-state index contributed by atoms with van der Waals surface area (Å²) in [6, 6.07) is 0.341. The predicted molar refractivity (Wildman–Crippen MR) is 118 cm³/mol. The summed E-state index contributed by atoms with van der Waals surface area (Å²) in [5, 5.41) is 9.57. The summed E-state index contributed by atoms with van der Waals surface area (Å²) in [5.41, 5.74) is 0. The smallest absolute Gasteiger partial charge is 0.242 e. The number of ether oxygens (including phenoxy) is 1. The molecular weight excluding hydrogens is 445 g/mol. The number of carbonyl (C=O) groups is 1. The summed E-state index contributed by atoms with van der Waals surface area (Å²) in [4.78, 5) is 18.7. The van der Waals surface area contributed by atoms with E-state index in [2.05, 4.69) is 32.9 Å². The Bertz CT molecular complexity index is 390. The van der Waals surface area contributed by atoms with Gasteiger partial charge in [-0.2, -0.15) is 0 Å². The molecule has 26 heavy (non-hydrogen) atoms. The van der Waals surface area contributed by atoms with Crippen LogP contribution in [0, 0.1) is 0 Å². The van der Waals surface area contributed by atoms with Crippen LogP contribution in [0.3, 0.4) is 0 Å². The third-order valence-corrected chi connectivity index (χ3v) is 4.37. The molecule has 0 saturated heterocycles. The van der Waals surface area contributed by atoms with Gasteiger partial charge in [0.05, 0.1) is 0 Å². The van der Waals surface area contributed by atoms with E-state index in [1.54, 1.807) is 7.11 Å². The van der Waals surface area contributed by atoms with Crippen LogP contribution in [0.15, 0.2) is 4.99 Å². The highest BCUT2D eigenvalue weighted by atomic mass is 127. The Morgan fingerprint density at radius 3 is 2.58 bits per heavy atom. The molecule has 0 radical (unpaired) electrons. The highest BCUT2D eigenvalue weighted by molar-refractivity contribution is 14.0. The van der Waals surface area contributed by atoms with Crippen molar-refractivity contribution in [2.75, 3.05) is 53.5 Å². The van der Waals surface area contributed by atoms with Crippen molar-refractivity contribution in [3.8, 4) is 0 Å². The minimum atomic E-state index is 0. The van der Waals surface area contributed by atoms with Gasteiger partial charge in [-0.1, -0.05) is 19.3 Å². The van der Waals surface area contributed by atoms with E-state index in [1.165, 1.54) is 19.3 Å². The molecule has 1 aliphatic carbocycles. The second kappa shape index (κ2) is 16.6. The maximum absolute atomic E-state index is 12.1. The maximum Gasteiger partial charge on any atom is 0.242 e. The zero-order valence-electron chi connectivity index (χ0n) is 16.7. The molecule has 0 aromatic rings. The number of likely N-dealkylation sites (N-methyl/N-ethyl adjacent to an activating group) is 1. The van der Waals surface area contributed by atoms with Crippen LogP contribution in [0.2, 0.25) is 0 Å². The van der Waals surface area contributed by atoms with Gasteiger partial charge >= 0.3 is 0 Å². The third kappa shape index (κ3) is 12.7. The number of guanidine groups is 1. The van der Waals surface area contributed by atoms with E-state index in [-0.39, 0.29) is 36.4 Å². The molecule has 0 aromatic heterocycles. The number of halogens is 1. The highest BCUT2D eigenvalue weighted by Crippen LogP contribution is 2.17. The van der Waals surface area contributed by atoms with Gasteiger partial charge in [0.1, 0.15) is 6.54 Å². The molecule has 154 valence electrons. The number of amides is 1. The van der Waals surface area contributed by atoms with Crippen LogP contribution < -0.4 is 16.0 Å². The average molecular weight is 483 g/mol. The first-order valence-corrected chi connectivity index (χ1v) is 9.64. The fraction of sp³-hybridized carbons (Fsp3) is 0.889. The number of rotatable bonds is 11. The van der Waals surface area contributed by atoms with Crippen LogP contribution in [0.25, 0.3) is 0 Å². The molecule has 0 spiro atoms. The fourth-order valence-corrected chi connectivity index (χ4v) is 2.97. The van der Waals surface area contributed by atoms with Gasteiger partial charge in [0.2, 0.25) is 5.91 Å². The lowest BCUT2D eigenvalue weighted by molar-refractivity contribution is -0.120. The van der Waals surface area contributed by atoms with Crippen LogP contribution in [-0.2, 0) is 9.53 Å². The van der Waals surface area contributed by atoms with Crippen molar-refractivity contribution < 1.29 is 9.53 Å². The van der Waals surface area contributed by atoms with Gasteiger partial charge in [-0.25, -0.2) is 4.99 Å². The Balaban J connectivity index is 0.00000625. The van der Waals surface area contributed by atoms with Gasteiger partial charge in [0, 0.05) is 45.9 Å². The molecule has 7 nitrogen and oxygen atoms in total. The van der Waals surface area contributed by atoms with Crippen molar-refractivity contribution in [1.82, 2.24) is 20.9 Å². The van der Waals surface area contributed by atoms with Gasteiger partial charge in [-0.15, -0.1) is 24.0 Å². The van der Waals surface area contributed by atoms with Gasteiger partial charge in [0.15, 0.2) is 5.96 Å². The van der Waals surface area contributed by atoms with Crippen LogP contribution in [0.5, 0.6) is 0 Å². The standard InChI is InChI=1S/C18H37N5O2.HI/c1-4-19-18(20-11-13-23(2)12-8-14-25-3)21-15-17(24)22-16-9-6-5-7-10-16;/h16H,4-15H2,1-3H3,(H,22,24)(H2,19,20,21);1H. The van der Waals surface area contributed by atoms with E-state index in [4.69, 9.17) is 4.74 Å². The van der Waals surface area contributed by atoms with Crippen LogP contribution in [-0.4, -0.2) is 76.3 Å². The van der Waals surface area contributed by atoms with E-state index >= 15 is 0 Å². The lowest BCUT2D eigenvalue weighted by Crippen LogP contribution is -2.42. The molecule has 0 bridgehead atoms. The number of carbonyl (C=O) groups excluding carboxylic acids is 1. The minimum Gasteiger partial charge on any atom is -0.385 e. The van der Waals surface area contributed by atoms with Gasteiger partial charge in [-0.05, 0) is 33.2 Å². The monoisotopic (exact) mass is 483 g/mol. The van der Waals surface area contributed by atoms with Crippen LogP contribution in [0.1, 0.15) is 45.4 Å². The van der Waals surface area contributed by atoms with Crippen molar-refractivity contribution in [2.24, 2.45) is 4.99 Å². The molecule has 1 aliphatic rings. The van der Waals surface area contributed by atoms with Crippen molar-refractivity contribution in [2.45, 2.75) is 51.5 Å². The topological polar surface area (TPSA) is 78.0 Å². The Morgan fingerprint density at radius 1 is 1.19 bits per heavy atom. The zero-order chi connectivity index (χ0) is 18.3. The van der Waals surface area contributed by atoms with Crippen LogP contribution >= 0.6 is 24.0 Å². The molecule has 0 heterocycles. The van der Waals surface area contributed by atoms with Gasteiger partial charge in [0.25, 0.3) is 0 Å². The number of nitrogens with zero attached hydrogens (tertiary/aromatic N) is 2. The molecule has 0 aliphatic heterocycles. The molecule has 8 heteroatoms. The predicted octanol–water partition coefficient (Wildman–Crippen LogP) is 1.58. The Labute approximate surface area is 176 Å². The summed E-state index contributed by atoms with van der Waals surface area (Å²) in [5.74, 6) is 0.715. The van der Waals surface area contributed by atoms with Gasteiger partial charge < -0.3 is 25.6 Å². The first kappa shape index (κ1) is 25.4. The van der Waals surface area contributed by atoms with E-state index in [0.717, 1.165) is 52.0 Å². The average Bonchev–Trinajstić information content (AvgIpc) is 2.61. The first-order chi connectivity index (χ1) is 12.2. The van der Waals surface area contributed by atoms with E-state index in [9.17, 15) is 4.79 Å². The van der Waals surface area contributed by atoms with E-state index in [1.807, 2.05) is 6.92 Å². The summed E-state index contributed by atoms with van der Waals surface area (Å²) in [6.45, 7) is 6.48. The fourth-order valence-electron chi connectivity index (χ4n) is 2.97. The van der Waals surface area contributed by atoms with Crippen molar-refractivity contribution >= 4 is 35.8 Å². The van der Waals surface area contributed by atoms with Crippen LogP contribution in [0.4, 0.5) is 0 Å². The van der Waals surface area contributed by atoms with Crippen molar-refractivity contribution in [3.05, 3.63) is 0 Å².